The maximum Gasteiger partial charge on any atom is 0.454 e. The fourth-order valence-corrected chi connectivity index (χ4v) is 4.06. The molecule has 0 aliphatic carbocycles. The normalized spacial score (nSPS) is 12.1. The number of rotatable bonds is 5. The fourth-order valence-electron chi connectivity index (χ4n) is 4.06. The molecule has 5 rings (SSSR count). The number of aromatic nitrogens is 7. The van der Waals surface area contributed by atoms with Gasteiger partial charge >= 0.3 is 6.18 Å². The standard InChI is InChI=1S/C24H21F3N8O/c1-11(2)35(4)23-20(29-17-8-6-14(10-18(17)30-23)22-31-33-34-32-22)13-5-7-16-15(9-13)19(12(3)28-16)21(36)24(25,26)27/h5-11,28H,1-4H3,(H,31,32,33,34). The van der Waals surface area contributed by atoms with Gasteiger partial charge in [0.25, 0.3) is 5.78 Å². The van der Waals surface area contributed by atoms with Gasteiger partial charge in [0.1, 0.15) is 5.69 Å². The van der Waals surface area contributed by atoms with Crippen LogP contribution in [0.1, 0.15) is 29.9 Å². The van der Waals surface area contributed by atoms with Gasteiger partial charge in [0.05, 0.1) is 16.6 Å². The molecule has 0 bridgehead atoms. The lowest BCUT2D eigenvalue weighted by Gasteiger charge is -2.25. The van der Waals surface area contributed by atoms with Crippen molar-refractivity contribution in [2.45, 2.75) is 33.0 Å². The predicted octanol–water partition coefficient (Wildman–Crippen LogP) is 4.86. The molecule has 0 unspecified atom stereocenters. The Morgan fingerprint density at radius 3 is 2.44 bits per heavy atom. The Morgan fingerprint density at radius 1 is 1.03 bits per heavy atom. The van der Waals surface area contributed by atoms with Crippen molar-refractivity contribution in [3.8, 4) is 22.6 Å². The van der Waals surface area contributed by atoms with E-state index in [9.17, 15) is 18.0 Å². The van der Waals surface area contributed by atoms with Gasteiger partial charge in [-0.3, -0.25) is 4.79 Å². The molecule has 3 aromatic heterocycles. The number of carbonyl (C=O) groups is 1. The summed E-state index contributed by atoms with van der Waals surface area (Å²) in [5.41, 5.74) is 3.09. The average Bonchev–Trinajstić information content (AvgIpc) is 3.48. The van der Waals surface area contributed by atoms with Crippen molar-refractivity contribution in [2.24, 2.45) is 0 Å². The Labute approximate surface area is 202 Å². The van der Waals surface area contributed by atoms with Crippen molar-refractivity contribution < 1.29 is 18.0 Å². The summed E-state index contributed by atoms with van der Waals surface area (Å²) in [6.45, 7) is 5.43. The van der Waals surface area contributed by atoms with Crippen LogP contribution in [0.15, 0.2) is 36.4 Å². The molecule has 184 valence electrons. The first kappa shape index (κ1) is 23.4. The molecule has 36 heavy (non-hydrogen) atoms. The summed E-state index contributed by atoms with van der Waals surface area (Å²) in [4.78, 5) is 26.7. The van der Waals surface area contributed by atoms with Gasteiger partial charge in [0.2, 0.25) is 5.82 Å². The molecule has 0 radical (unpaired) electrons. The van der Waals surface area contributed by atoms with E-state index in [4.69, 9.17) is 9.97 Å². The monoisotopic (exact) mass is 494 g/mol. The van der Waals surface area contributed by atoms with Gasteiger partial charge < -0.3 is 9.88 Å². The van der Waals surface area contributed by atoms with E-state index < -0.39 is 17.5 Å². The zero-order valence-corrected chi connectivity index (χ0v) is 19.8. The second-order valence-electron chi connectivity index (χ2n) is 8.75. The van der Waals surface area contributed by atoms with Gasteiger partial charge in [-0.2, -0.15) is 18.4 Å². The molecule has 2 aromatic carbocycles. The van der Waals surface area contributed by atoms with Gasteiger partial charge in [-0.1, -0.05) is 6.07 Å². The first-order valence-electron chi connectivity index (χ1n) is 11.1. The number of hydrogen-bond acceptors (Lipinski definition) is 7. The molecule has 0 saturated heterocycles. The Bertz CT molecular complexity index is 1610. The van der Waals surface area contributed by atoms with Crippen molar-refractivity contribution in [2.75, 3.05) is 11.9 Å². The van der Waals surface area contributed by atoms with Crippen LogP contribution in [0.3, 0.4) is 0 Å². The number of anilines is 1. The number of hydrogen-bond donors (Lipinski definition) is 2. The lowest BCUT2D eigenvalue weighted by Crippen LogP contribution is -2.27. The topological polar surface area (TPSA) is 116 Å². The number of nitrogens with zero attached hydrogens (tertiary/aromatic N) is 6. The summed E-state index contributed by atoms with van der Waals surface area (Å²) in [5, 5.41) is 14.2. The minimum atomic E-state index is -4.99. The molecule has 0 amide bonds. The third-order valence-electron chi connectivity index (χ3n) is 6.10. The smallest absolute Gasteiger partial charge is 0.358 e. The number of aryl methyl sites for hydroxylation is 1. The molecular weight excluding hydrogens is 473 g/mol. The number of H-pyrrole nitrogens is 2. The van der Waals surface area contributed by atoms with E-state index in [1.807, 2.05) is 25.8 Å². The zero-order valence-electron chi connectivity index (χ0n) is 19.8. The molecule has 0 spiro atoms. The summed E-state index contributed by atoms with van der Waals surface area (Å²) in [5.74, 6) is -0.934. The summed E-state index contributed by atoms with van der Waals surface area (Å²) in [6, 6.07) is 10.4. The van der Waals surface area contributed by atoms with Crippen LogP contribution >= 0.6 is 0 Å². The van der Waals surface area contributed by atoms with Crippen LogP contribution in [-0.4, -0.2) is 60.6 Å². The number of alkyl halides is 3. The molecule has 0 saturated carbocycles. The maximum atomic E-state index is 13.3. The number of carbonyl (C=O) groups excluding carboxylic acids is 1. The zero-order chi connectivity index (χ0) is 25.8. The number of Topliss-reactive ketones (excluding diaryl/α,β-unsaturated/α-hetero) is 1. The highest BCUT2D eigenvalue weighted by Crippen LogP contribution is 2.36. The number of benzene rings is 2. The second-order valence-corrected chi connectivity index (χ2v) is 8.75. The molecule has 5 aromatic rings. The third-order valence-corrected chi connectivity index (χ3v) is 6.10. The molecule has 0 atom stereocenters. The van der Waals surface area contributed by atoms with Crippen LogP contribution in [0.2, 0.25) is 0 Å². The first-order valence-corrected chi connectivity index (χ1v) is 11.1. The molecule has 3 heterocycles. The van der Waals surface area contributed by atoms with E-state index in [0.29, 0.717) is 45.0 Å². The number of fused-ring (bicyclic) bond motifs is 2. The lowest BCUT2D eigenvalue weighted by atomic mass is 10.0. The van der Waals surface area contributed by atoms with Crippen LogP contribution in [0.5, 0.6) is 0 Å². The molecule has 0 aliphatic rings. The lowest BCUT2D eigenvalue weighted by molar-refractivity contribution is -0.0884. The minimum Gasteiger partial charge on any atom is -0.358 e. The summed E-state index contributed by atoms with van der Waals surface area (Å²) in [6.07, 6.45) is -4.99. The molecule has 12 heteroatoms. The van der Waals surface area contributed by atoms with E-state index in [1.165, 1.54) is 6.92 Å². The molecule has 0 fully saturated rings. The molecule has 2 N–H and O–H groups in total. The summed E-state index contributed by atoms with van der Waals surface area (Å²) in [7, 11) is 1.87. The first-order chi connectivity index (χ1) is 17.0. The number of nitrogens with one attached hydrogen (secondary N) is 2. The van der Waals surface area contributed by atoms with Crippen LogP contribution in [0.25, 0.3) is 44.6 Å². The SMILES string of the molecule is Cc1[nH]c2ccc(-c3nc4ccc(-c5nn[nH]n5)cc4nc3N(C)C(C)C)cc2c1C(=O)C(F)(F)F. The van der Waals surface area contributed by atoms with E-state index >= 15 is 0 Å². The van der Waals surface area contributed by atoms with Gasteiger partial charge in [-0.15, -0.1) is 10.2 Å². The summed E-state index contributed by atoms with van der Waals surface area (Å²) >= 11 is 0. The molecule has 9 nitrogen and oxygen atoms in total. The van der Waals surface area contributed by atoms with Crippen LogP contribution in [-0.2, 0) is 0 Å². The van der Waals surface area contributed by atoms with Gasteiger partial charge in [-0.25, -0.2) is 9.97 Å². The fraction of sp³-hybridized carbons (Fsp3) is 0.250. The van der Waals surface area contributed by atoms with E-state index in [2.05, 4.69) is 25.6 Å². The van der Waals surface area contributed by atoms with Gasteiger partial charge in [0, 0.05) is 40.8 Å². The Kier molecular flexibility index (Phi) is 5.46. The number of ketones is 1. The van der Waals surface area contributed by atoms with Crippen molar-refractivity contribution in [1.82, 2.24) is 35.6 Å². The predicted molar refractivity (Wildman–Crippen MR) is 129 cm³/mol. The Balaban J connectivity index is 1.72. The van der Waals surface area contributed by atoms with E-state index in [0.717, 1.165) is 0 Å². The van der Waals surface area contributed by atoms with Gasteiger partial charge in [-0.05, 0) is 56.3 Å². The summed E-state index contributed by atoms with van der Waals surface area (Å²) < 4.78 is 39.9. The largest absolute Gasteiger partial charge is 0.454 e. The minimum absolute atomic E-state index is 0.0523. The molecule has 0 aliphatic heterocycles. The van der Waals surface area contributed by atoms with Crippen molar-refractivity contribution >= 4 is 33.5 Å². The van der Waals surface area contributed by atoms with Crippen LogP contribution < -0.4 is 4.90 Å². The number of tetrazole rings is 1. The highest BCUT2D eigenvalue weighted by molar-refractivity contribution is 6.12. The highest BCUT2D eigenvalue weighted by atomic mass is 19.4. The van der Waals surface area contributed by atoms with E-state index in [-0.39, 0.29) is 17.1 Å². The van der Waals surface area contributed by atoms with Crippen molar-refractivity contribution in [1.29, 1.82) is 0 Å². The molecular formula is C24H21F3N8O. The van der Waals surface area contributed by atoms with Crippen LogP contribution in [0.4, 0.5) is 19.0 Å². The quantitative estimate of drug-likeness (QED) is 0.335. The highest BCUT2D eigenvalue weighted by Gasteiger charge is 2.41. The maximum absolute atomic E-state index is 13.3. The third kappa shape index (κ3) is 3.93. The van der Waals surface area contributed by atoms with Crippen molar-refractivity contribution in [3.63, 3.8) is 0 Å². The van der Waals surface area contributed by atoms with Crippen LogP contribution in [0, 0.1) is 6.92 Å². The van der Waals surface area contributed by atoms with Gasteiger partial charge in [0.15, 0.2) is 5.82 Å². The van der Waals surface area contributed by atoms with Crippen molar-refractivity contribution in [3.05, 3.63) is 47.7 Å². The van der Waals surface area contributed by atoms with E-state index in [1.54, 1.807) is 36.4 Å². The second kappa shape index (κ2) is 8.40. The number of halogens is 3. The average molecular weight is 494 g/mol. The number of aromatic amines is 2. The Morgan fingerprint density at radius 2 is 1.78 bits per heavy atom. The Hall–Kier alpha value is -4.35.